The number of amides is 1. The first-order valence-electron chi connectivity index (χ1n) is 11.6. The van der Waals surface area contributed by atoms with Gasteiger partial charge in [0.15, 0.2) is 0 Å². The maximum atomic E-state index is 13.8. The zero-order valence-electron chi connectivity index (χ0n) is 20.0. The first kappa shape index (κ1) is 23.2. The third-order valence-electron chi connectivity index (χ3n) is 5.95. The molecule has 34 heavy (non-hydrogen) atoms. The molecule has 0 fully saturated rings. The number of fused-ring (bicyclic) bond motifs is 1. The molecule has 1 aromatic heterocycles. The van der Waals surface area contributed by atoms with E-state index < -0.39 is 6.04 Å². The monoisotopic (exact) mass is 455 g/mol. The van der Waals surface area contributed by atoms with Crippen molar-refractivity contribution in [1.82, 2.24) is 14.5 Å². The van der Waals surface area contributed by atoms with E-state index in [0.717, 1.165) is 5.56 Å². The topological polar surface area (TPSA) is 64.4 Å². The van der Waals surface area contributed by atoms with Gasteiger partial charge in [0, 0.05) is 12.1 Å². The summed E-state index contributed by atoms with van der Waals surface area (Å²) in [5.74, 6) is 0.964. The highest BCUT2D eigenvalue weighted by molar-refractivity contribution is 5.94. The van der Waals surface area contributed by atoms with Crippen LogP contribution in [-0.2, 0) is 0 Å². The van der Waals surface area contributed by atoms with Gasteiger partial charge in [0.05, 0.1) is 29.2 Å². The highest BCUT2D eigenvalue weighted by Crippen LogP contribution is 2.28. The summed E-state index contributed by atoms with van der Waals surface area (Å²) in [6.45, 7) is 8.66. The Balaban J connectivity index is 1.92. The van der Waals surface area contributed by atoms with Crippen molar-refractivity contribution in [2.24, 2.45) is 0 Å². The first-order valence-corrected chi connectivity index (χ1v) is 11.6. The van der Waals surface area contributed by atoms with Crippen molar-refractivity contribution < 1.29 is 9.53 Å². The fraction of sp³-hybridized carbons (Fsp3) is 0.250. The molecule has 3 aromatic carbocycles. The number of aryl methyl sites for hydroxylation is 1. The molecule has 0 spiro atoms. The van der Waals surface area contributed by atoms with Gasteiger partial charge in [0.1, 0.15) is 11.6 Å². The number of benzene rings is 3. The summed E-state index contributed by atoms with van der Waals surface area (Å²) in [5, 5.41) is 0.512. The summed E-state index contributed by atoms with van der Waals surface area (Å²) in [7, 11) is 0. The van der Waals surface area contributed by atoms with Gasteiger partial charge in [-0.3, -0.25) is 14.2 Å². The van der Waals surface area contributed by atoms with E-state index in [1.807, 2.05) is 94.4 Å². The first-order chi connectivity index (χ1) is 16.5. The molecule has 0 aliphatic heterocycles. The average molecular weight is 456 g/mol. The predicted octanol–water partition coefficient (Wildman–Crippen LogP) is 5.32. The average Bonchev–Trinajstić information content (AvgIpc) is 2.85. The van der Waals surface area contributed by atoms with Gasteiger partial charge in [0.25, 0.3) is 11.5 Å². The fourth-order valence-electron chi connectivity index (χ4n) is 4.18. The molecule has 1 heterocycles. The molecule has 0 N–H and O–H groups in total. The van der Waals surface area contributed by atoms with E-state index in [1.165, 1.54) is 0 Å². The number of hydrogen-bond acceptors (Lipinski definition) is 4. The van der Waals surface area contributed by atoms with Crippen molar-refractivity contribution in [1.29, 1.82) is 0 Å². The lowest BCUT2D eigenvalue weighted by atomic mass is 10.1. The van der Waals surface area contributed by atoms with Crippen LogP contribution in [0.15, 0.2) is 77.6 Å². The minimum absolute atomic E-state index is 0.109. The van der Waals surface area contributed by atoms with Crippen LogP contribution in [0.25, 0.3) is 16.6 Å². The van der Waals surface area contributed by atoms with Crippen LogP contribution in [0.3, 0.4) is 0 Å². The van der Waals surface area contributed by atoms with Crippen molar-refractivity contribution in [3.63, 3.8) is 0 Å². The second-order valence-corrected chi connectivity index (χ2v) is 8.16. The SMILES string of the molecule is CCOc1ccccc1-n1c(C(C)N(CC)C(=O)c2ccc(C)cc2)nc2ccccc2c1=O. The van der Waals surface area contributed by atoms with Crippen molar-refractivity contribution >= 4 is 16.8 Å². The molecule has 6 heteroatoms. The Morgan fingerprint density at radius 2 is 1.68 bits per heavy atom. The smallest absolute Gasteiger partial charge is 0.266 e. The zero-order chi connectivity index (χ0) is 24.2. The quantitative estimate of drug-likeness (QED) is 0.379. The standard InChI is InChI=1S/C28H29N3O3/c1-5-30(27(32)21-17-15-19(3)16-18-21)20(4)26-29-23-12-8-7-11-22(23)28(33)31(26)24-13-9-10-14-25(24)34-6-2/h7-18,20H,5-6H2,1-4H3. The lowest BCUT2D eigenvalue weighted by molar-refractivity contribution is 0.0693. The van der Waals surface area contributed by atoms with Gasteiger partial charge in [0.2, 0.25) is 0 Å². The van der Waals surface area contributed by atoms with Gasteiger partial charge < -0.3 is 9.64 Å². The summed E-state index contributed by atoms with van der Waals surface area (Å²) >= 11 is 0. The van der Waals surface area contributed by atoms with Gasteiger partial charge in [-0.1, -0.05) is 42.0 Å². The van der Waals surface area contributed by atoms with E-state index in [1.54, 1.807) is 15.5 Å². The zero-order valence-corrected chi connectivity index (χ0v) is 20.0. The summed E-state index contributed by atoms with van der Waals surface area (Å²) in [6.07, 6.45) is 0. The molecule has 0 aliphatic rings. The fourth-order valence-corrected chi connectivity index (χ4v) is 4.18. The van der Waals surface area contributed by atoms with Crippen LogP contribution in [0.4, 0.5) is 0 Å². The van der Waals surface area contributed by atoms with E-state index in [2.05, 4.69) is 0 Å². The van der Waals surface area contributed by atoms with Crippen LogP contribution < -0.4 is 10.3 Å². The summed E-state index contributed by atoms with van der Waals surface area (Å²) in [4.78, 5) is 33.8. The van der Waals surface area contributed by atoms with Crippen LogP contribution >= 0.6 is 0 Å². The largest absolute Gasteiger partial charge is 0.492 e. The molecule has 4 aromatic rings. The van der Waals surface area contributed by atoms with E-state index in [4.69, 9.17) is 9.72 Å². The summed E-state index contributed by atoms with van der Waals surface area (Å²) in [6, 6.07) is 21.7. The molecule has 1 atom stereocenters. The van der Waals surface area contributed by atoms with Crippen LogP contribution in [0.2, 0.25) is 0 Å². The second-order valence-electron chi connectivity index (χ2n) is 8.16. The minimum atomic E-state index is -0.467. The van der Waals surface area contributed by atoms with E-state index in [0.29, 0.717) is 46.9 Å². The Morgan fingerprint density at radius 1 is 1.00 bits per heavy atom. The number of carbonyl (C=O) groups excluding carboxylic acids is 1. The number of para-hydroxylation sites is 3. The molecule has 0 saturated heterocycles. The van der Waals surface area contributed by atoms with E-state index in [9.17, 15) is 9.59 Å². The van der Waals surface area contributed by atoms with Gasteiger partial charge >= 0.3 is 0 Å². The summed E-state index contributed by atoms with van der Waals surface area (Å²) in [5.41, 5.74) is 2.69. The number of rotatable bonds is 7. The molecular formula is C28H29N3O3. The van der Waals surface area contributed by atoms with Crippen LogP contribution in [-0.4, -0.2) is 33.5 Å². The molecule has 0 saturated carbocycles. The number of nitrogens with zero attached hydrogens (tertiary/aromatic N) is 3. The third-order valence-corrected chi connectivity index (χ3v) is 5.95. The van der Waals surface area contributed by atoms with Gasteiger partial charge in [-0.05, 0) is 64.1 Å². The number of ether oxygens (including phenoxy) is 1. The molecule has 1 amide bonds. The van der Waals surface area contributed by atoms with Gasteiger partial charge in [-0.2, -0.15) is 0 Å². The minimum Gasteiger partial charge on any atom is -0.492 e. The maximum absolute atomic E-state index is 13.8. The Kier molecular flexibility index (Phi) is 6.77. The van der Waals surface area contributed by atoms with Crippen molar-refractivity contribution in [3.8, 4) is 11.4 Å². The van der Waals surface area contributed by atoms with Crippen molar-refractivity contribution in [2.75, 3.05) is 13.2 Å². The number of aromatic nitrogens is 2. The Bertz CT molecular complexity index is 1380. The van der Waals surface area contributed by atoms with Crippen molar-refractivity contribution in [3.05, 3.63) is 100 Å². The van der Waals surface area contributed by atoms with E-state index >= 15 is 0 Å². The number of carbonyl (C=O) groups is 1. The molecular weight excluding hydrogens is 426 g/mol. The van der Waals surface area contributed by atoms with Crippen molar-refractivity contribution in [2.45, 2.75) is 33.7 Å². The van der Waals surface area contributed by atoms with E-state index in [-0.39, 0.29) is 11.5 Å². The maximum Gasteiger partial charge on any atom is 0.266 e. The lowest BCUT2D eigenvalue weighted by Crippen LogP contribution is -2.37. The second kappa shape index (κ2) is 9.91. The third kappa shape index (κ3) is 4.31. The molecule has 0 radical (unpaired) electrons. The number of hydrogen-bond donors (Lipinski definition) is 0. The van der Waals surface area contributed by atoms with Crippen LogP contribution in [0, 0.1) is 6.92 Å². The lowest BCUT2D eigenvalue weighted by Gasteiger charge is -2.30. The molecule has 4 rings (SSSR count). The molecule has 1 unspecified atom stereocenters. The Morgan fingerprint density at radius 3 is 2.38 bits per heavy atom. The highest BCUT2D eigenvalue weighted by atomic mass is 16.5. The Hall–Kier alpha value is -3.93. The summed E-state index contributed by atoms with van der Waals surface area (Å²) < 4.78 is 7.43. The molecule has 0 aliphatic carbocycles. The van der Waals surface area contributed by atoms with Crippen LogP contribution in [0.1, 0.15) is 48.6 Å². The Labute approximate surface area is 199 Å². The molecule has 0 bridgehead atoms. The highest BCUT2D eigenvalue weighted by Gasteiger charge is 2.27. The predicted molar refractivity (Wildman–Crippen MR) is 135 cm³/mol. The molecule has 174 valence electrons. The molecule has 6 nitrogen and oxygen atoms in total. The van der Waals surface area contributed by atoms with Gasteiger partial charge in [-0.25, -0.2) is 4.98 Å². The normalized spacial score (nSPS) is 11.9. The van der Waals surface area contributed by atoms with Gasteiger partial charge in [-0.15, -0.1) is 0 Å². The van der Waals surface area contributed by atoms with Crippen LogP contribution in [0.5, 0.6) is 5.75 Å².